The zero-order valence-electron chi connectivity index (χ0n) is 24.9. The zero-order valence-corrected chi connectivity index (χ0v) is 27.3. The summed E-state index contributed by atoms with van der Waals surface area (Å²) in [5, 5.41) is 2.70. The Morgan fingerprint density at radius 3 is 2.14 bits per heavy atom. The number of rotatable bonds is 13. The van der Waals surface area contributed by atoms with Crippen LogP contribution in [-0.2, 0) is 32.6 Å². The van der Waals surface area contributed by atoms with Gasteiger partial charge in [0.25, 0.3) is 10.0 Å². The van der Waals surface area contributed by atoms with Crippen molar-refractivity contribution in [2.75, 3.05) is 24.5 Å². The second-order valence-electron chi connectivity index (χ2n) is 10.2. The predicted molar refractivity (Wildman–Crippen MR) is 176 cm³/mol. The lowest BCUT2D eigenvalue weighted by molar-refractivity contribution is -0.139. The maximum atomic E-state index is 14.4. The van der Waals surface area contributed by atoms with Crippen molar-refractivity contribution >= 4 is 43.5 Å². The predicted octanol–water partition coefficient (Wildman–Crippen LogP) is 5.74. The molecule has 1 unspecified atom stereocenters. The van der Waals surface area contributed by atoms with Crippen molar-refractivity contribution in [2.24, 2.45) is 0 Å². The number of halogens is 1. The Labute approximate surface area is 267 Å². The number of benzene rings is 4. The average molecular weight is 679 g/mol. The van der Waals surface area contributed by atoms with Crippen molar-refractivity contribution in [1.82, 2.24) is 10.2 Å². The topological polar surface area (TPSA) is 96.0 Å². The monoisotopic (exact) mass is 677 g/mol. The molecule has 0 aliphatic heterocycles. The first-order valence-corrected chi connectivity index (χ1v) is 16.5. The van der Waals surface area contributed by atoms with E-state index in [1.807, 2.05) is 61.5 Å². The molecule has 230 valence electrons. The standard InChI is InChI=1S/C34H36BrN3O5S/c1-4-43-32-13-9-8-12-30(32)38(44(41,42)29-20-14-25(2)15-21-29)24-33(39)37(23-27-16-18-28(35)19-17-27)31(34(40)36-3)22-26-10-6-5-7-11-26/h5-21,31H,4,22-24H2,1-3H3,(H,36,40). The third-order valence-corrected chi connectivity index (χ3v) is 9.41. The minimum absolute atomic E-state index is 0.0359. The summed E-state index contributed by atoms with van der Waals surface area (Å²) in [6.45, 7) is 3.50. The first kappa shape index (κ1) is 32.8. The first-order chi connectivity index (χ1) is 21.1. The number of sulfonamides is 1. The summed E-state index contributed by atoms with van der Waals surface area (Å²) < 4.78 is 36.2. The summed E-state index contributed by atoms with van der Waals surface area (Å²) in [6, 6.07) is 29.1. The summed E-state index contributed by atoms with van der Waals surface area (Å²) in [5.41, 5.74) is 2.77. The molecule has 44 heavy (non-hydrogen) atoms. The van der Waals surface area contributed by atoms with Crippen molar-refractivity contribution in [2.45, 2.75) is 37.8 Å². The maximum absolute atomic E-state index is 14.4. The molecule has 4 aromatic carbocycles. The highest BCUT2D eigenvalue weighted by atomic mass is 79.9. The smallest absolute Gasteiger partial charge is 0.264 e. The zero-order chi connectivity index (χ0) is 31.7. The van der Waals surface area contributed by atoms with Crippen LogP contribution < -0.4 is 14.4 Å². The fourth-order valence-electron chi connectivity index (χ4n) is 4.80. The molecule has 0 heterocycles. The molecule has 0 spiro atoms. The van der Waals surface area contributed by atoms with Gasteiger partial charge in [-0.1, -0.05) is 88.2 Å². The lowest BCUT2D eigenvalue weighted by atomic mass is 10.0. The SMILES string of the molecule is CCOc1ccccc1N(CC(=O)N(Cc1ccc(Br)cc1)C(Cc1ccccc1)C(=O)NC)S(=O)(=O)c1ccc(C)cc1. The fraction of sp³-hybridized carbons (Fsp3) is 0.235. The van der Waals surface area contributed by atoms with Crippen LogP contribution in [-0.4, -0.2) is 51.4 Å². The molecular formula is C34H36BrN3O5S. The maximum Gasteiger partial charge on any atom is 0.264 e. The van der Waals surface area contributed by atoms with Crippen LogP contribution in [0.4, 0.5) is 5.69 Å². The number of amides is 2. The highest BCUT2D eigenvalue weighted by Crippen LogP contribution is 2.33. The van der Waals surface area contributed by atoms with Crippen LogP contribution in [0.25, 0.3) is 0 Å². The Morgan fingerprint density at radius 2 is 1.50 bits per heavy atom. The van der Waals surface area contributed by atoms with Crippen LogP contribution in [0.1, 0.15) is 23.6 Å². The molecule has 0 bridgehead atoms. The van der Waals surface area contributed by atoms with E-state index in [-0.39, 0.29) is 29.5 Å². The number of para-hydroxylation sites is 2. The van der Waals surface area contributed by atoms with Crippen LogP contribution in [0.2, 0.25) is 0 Å². The molecule has 0 radical (unpaired) electrons. The molecule has 4 aromatic rings. The summed E-state index contributed by atoms with van der Waals surface area (Å²) in [7, 11) is -2.71. The number of nitrogens with one attached hydrogen (secondary N) is 1. The van der Waals surface area contributed by atoms with E-state index in [2.05, 4.69) is 21.2 Å². The van der Waals surface area contributed by atoms with Gasteiger partial charge in [0.15, 0.2) is 0 Å². The second kappa shape index (κ2) is 15.0. The van der Waals surface area contributed by atoms with Gasteiger partial charge in [0.1, 0.15) is 18.3 Å². The number of likely N-dealkylation sites (N-methyl/N-ethyl adjacent to an activating group) is 1. The molecule has 0 saturated heterocycles. The van der Waals surface area contributed by atoms with Crippen molar-refractivity contribution in [3.05, 3.63) is 124 Å². The average Bonchev–Trinajstić information content (AvgIpc) is 3.03. The highest BCUT2D eigenvalue weighted by Gasteiger charge is 2.35. The largest absolute Gasteiger partial charge is 0.492 e. The van der Waals surface area contributed by atoms with Crippen LogP contribution in [0.5, 0.6) is 5.75 Å². The molecule has 0 aliphatic rings. The van der Waals surface area contributed by atoms with Gasteiger partial charge in [-0.15, -0.1) is 0 Å². The minimum Gasteiger partial charge on any atom is -0.492 e. The van der Waals surface area contributed by atoms with Crippen molar-refractivity contribution in [3.63, 3.8) is 0 Å². The molecule has 8 nitrogen and oxygen atoms in total. The fourth-order valence-corrected chi connectivity index (χ4v) is 6.49. The van der Waals surface area contributed by atoms with Gasteiger partial charge in [-0.05, 0) is 61.4 Å². The number of carbonyl (C=O) groups excluding carboxylic acids is 2. The molecule has 10 heteroatoms. The summed E-state index contributed by atoms with van der Waals surface area (Å²) >= 11 is 3.44. The van der Waals surface area contributed by atoms with E-state index in [1.54, 1.807) is 43.3 Å². The van der Waals surface area contributed by atoms with Crippen LogP contribution in [0.15, 0.2) is 112 Å². The molecule has 0 fully saturated rings. The number of hydrogen-bond acceptors (Lipinski definition) is 5. The third-order valence-electron chi connectivity index (χ3n) is 7.11. The number of hydrogen-bond donors (Lipinski definition) is 1. The van der Waals surface area contributed by atoms with E-state index < -0.39 is 28.5 Å². The number of aryl methyl sites for hydroxylation is 1. The normalized spacial score (nSPS) is 11.8. The number of nitrogens with zero attached hydrogens (tertiary/aromatic N) is 2. The molecule has 1 atom stereocenters. The van der Waals surface area contributed by atoms with Gasteiger partial charge < -0.3 is 15.0 Å². The third kappa shape index (κ3) is 8.06. The second-order valence-corrected chi connectivity index (χ2v) is 13.0. The molecular weight excluding hydrogens is 642 g/mol. The van der Waals surface area contributed by atoms with Gasteiger partial charge in [0.05, 0.1) is 17.2 Å². The van der Waals surface area contributed by atoms with Gasteiger partial charge in [0, 0.05) is 24.5 Å². The Balaban J connectivity index is 1.82. The molecule has 2 amide bonds. The number of anilines is 1. The van der Waals surface area contributed by atoms with Gasteiger partial charge in [0.2, 0.25) is 11.8 Å². The van der Waals surface area contributed by atoms with Crippen molar-refractivity contribution in [3.8, 4) is 5.75 Å². The van der Waals surface area contributed by atoms with Gasteiger partial charge >= 0.3 is 0 Å². The summed E-state index contributed by atoms with van der Waals surface area (Å²) in [5.74, 6) is -0.577. The Bertz CT molecular complexity index is 1660. The van der Waals surface area contributed by atoms with Crippen LogP contribution >= 0.6 is 15.9 Å². The molecule has 0 aliphatic carbocycles. The Hall–Kier alpha value is -4.15. The van der Waals surface area contributed by atoms with Crippen LogP contribution in [0, 0.1) is 6.92 Å². The Morgan fingerprint density at radius 1 is 0.864 bits per heavy atom. The number of carbonyl (C=O) groups is 2. The van der Waals surface area contributed by atoms with E-state index >= 15 is 0 Å². The van der Waals surface area contributed by atoms with Crippen molar-refractivity contribution in [1.29, 1.82) is 0 Å². The van der Waals surface area contributed by atoms with E-state index in [0.717, 1.165) is 25.5 Å². The minimum atomic E-state index is -4.23. The quantitative estimate of drug-likeness (QED) is 0.195. The summed E-state index contributed by atoms with van der Waals surface area (Å²) in [6.07, 6.45) is 0.239. The first-order valence-electron chi connectivity index (χ1n) is 14.2. The lowest BCUT2D eigenvalue weighted by Crippen LogP contribution is -2.53. The van der Waals surface area contributed by atoms with E-state index in [0.29, 0.717) is 12.4 Å². The van der Waals surface area contributed by atoms with Gasteiger partial charge in [-0.3, -0.25) is 13.9 Å². The molecule has 4 rings (SSSR count). The number of ether oxygens (including phenoxy) is 1. The highest BCUT2D eigenvalue weighted by molar-refractivity contribution is 9.10. The Kier molecular flexibility index (Phi) is 11.2. The van der Waals surface area contributed by atoms with E-state index in [1.165, 1.54) is 24.1 Å². The van der Waals surface area contributed by atoms with E-state index in [9.17, 15) is 18.0 Å². The van der Waals surface area contributed by atoms with E-state index in [4.69, 9.17) is 4.74 Å². The van der Waals surface area contributed by atoms with Gasteiger partial charge in [-0.2, -0.15) is 0 Å². The molecule has 1 N–H and O–H groups in total. The lowest BCUT2D eigenvalue weighted by Gasteiger charge is -2.34. The van der Waals surface area contributed by atoms with Crippen LogP contribution in [0.3, 0.4) is 0 Å². The molecule has 0 aromatic heterocycles. The summed E-state index contributed by atoms with van der Waals surface area (Å²) in [4.78, 5) is 29.3. The van der Waals surface area contributed by atoms with Gasteiger partial charge in [-0.25, -0.2) is 8.42 Å². The van der Waals surface area contributed by atoms with Crippen molar-refractivity contribution < 1.29 is 22.7 Å². The molecule has 0 saturated carbocycles.